The first-order valence-electron chi connectivity index (χ1n) is 7.77. The van der Waals surface area contributed by atoms with Crippen molar-refractivity contribution in [3.05, 3.63) is 66.5 Å². The molecule has 5 nitrogen and oxygen atoms in total. The fourth-order valence-electron chi connectivity index (χ4n) is 2.42. The first kappa shape index (κ1) is 19.9. The fraction of sp³-hybridized carbons (Fsp3) is 0.105. The number of carbonyl (C=O) groups excluding carboxylic acids is 2. The van der Waals surface area contributed by atoms with Crippen molar-refractivity contribution >= 4 is 67.5 Å². The summed E-state index contributed by atoms with van der Waals surface area (Å²) >= 11 is 6.49. The van der Waals surface area contributed by atoms with Crippen molar-refractivity contribution < 1.29 is 14.3 Å². The fourth-order valence-corrected chi connectivity index (χ4v) is 3.99. The van der Waals surface area contributed by atoms with Crippen molar-refractivity contribution in [2.45, 2.75) is 6.54 Å². The number of rotatable bonds is 5. The summed E-state index contributed by atoms with van der Waals surface area (Å²) in [4.78, 5) is 26.6. The summed E-state index contributed by atoms with van der Waals surface area (Å²) in [5, 5.41) is 8.41. The maximum Gasteiger partial charge on any atom is 0.293 e. The summed E-state index contributed by atoms with van der Waals surface area (Å²) in [5.41, 5.74) is 1.51. The van der Waals surface area contributed by atoms with Crippen LogP contribution in [0.1, 0.15) is 11.1 Å². The average Bonchev–Trinajstić information content (AvgIpc) is 2.90. The van der Waals surface area contributed by atoms with Crippen molar-refractivity contribution in [3.8, 4) is 11.8 Å². The molecule has 0 radical (unpaired) electrons. The molecule has 136 valence electrons. The molecule has 1 aliphatic heterocycles. The van der Waals surface area contributed by atoms with E-state index in [1.165, 1.54) is 4.90 Å². The third-order valence-corrected chi connectivity index (χ3v) is 5.80. The third-order valence-electron chi connectivity index (χ3n) is 3.68. The van der Waals surface area contributed by atoms with E-state index in [1.807, 2.05) is 30.3 Å². The van der Waals surface area contributed by atoms with Gasteiger partial charge in [0.15, 0.2) is 6.61 Å². The molecule has 0 atom stereocenters. The Balaban J connectivity index is 1.85. The smallest absolute Gasteiger partial charge is 0.293 e. The van der Waals surface area contributed by atoms with Crippen LogP contribution < -0.4 is 4.74 Å². The number of imide groups is 1. The SMILES string of the molecule is N#CCOc1ccc(Br)cc1/C=C1\SC(=O)N(Cc2ccc(I)cc2)C1=O. The normalized spacial score (nSPS) is 15.3. The molecular formula is C19H12BrIN2O3S. The van der Waals surface area contributed by atoms with Gasteiger partial charge < -0.3 is 4.74 Å². The predicted octanol–water partition coefficient (Wildman–Crippen LogP) is 5.19. The lowest BCUT2D eigenvalue weighted by Gasteiger charge is -2.12. The van der Waals surface area contributed by atoms with Crippen molar-refractivity contribution in [3.63, 3.8) is 0 Å². The number of ether oxygens (including phenoxy) is 1. The Morgan fingerprint density at radius 3 is 2.67 bits per heavy atom. The number of benzene rings is 2. The lowest BCUT2D eigenvalue weighted by atomic mass is 10.1. The van der Waals surface area contributed by atoms with E-state index in [2.05, 4.69) is 38.5 Å². The van der Waals surface area contributed by atoms with Crippen LogP contribution in [0.5, 0.6) is 5.75 Å². The Bertz CT molecular complexity index is 970. The van der Waals surface area contributed by atoms with Gasteiger partial charge in [-0.1, -0.05) is 28.1 Å². The van der Waals surface area contributed by atoms with Crippen LogP contribution in [0, 0.1) is 14.9 Å². The van der Waals surface area contributed by atoms with Crippen molar-refractivity contribution in [1.29, 1.82) is 5.26 Å². The summed E-state index contributed by atoms with van der Waals surface area (Å²) in [6, 6.07) is 14.9. The second-order valence-corrected chi connectivity index (χ2v) is 8.68. The second kappa shape index (κ2) is 8.91. The summed E-state index contributed by atoms with van der Waals surface area (Å²) in [5.74, 6) is 0.138. The van der Waals surface area contributed by atoms with Gasteiger partial charge in [0.05, 0.1) is 11.4 Å². The largest absolute Gasteiger partial charge is 0.478 e. The van der Waals surface area contributed by atoms with Gasteiger partial charge >= 0.3 is 0 Å². The van der Waals surface area contributed by atoms with E-state index >= 15 is 0 Å². The molecule has 0 aliphatic carbocycles. The van der Waals surface area contributed by atoms with Gasteiger partial charge in [0.1, 0.15) is 11.8 Å². The monoisotopic (exact) mass is 554 g/mol. The van der Waals surface area contributed by atoms with E-state index in [0.29, 0.717) is 16.2 Å². The molecule has 1 heterocycles. The molecular weight excluding hydrogens is 543 g/mol. The quantitative estimate of drug-likeness (QED) is 0.375. The van der Waals surface area contributed by atoms with Gasteiger partial charge in [-0.15, -0.1) is 0 Å². The molecule has 0 bridgehead atoms. The lowest BCUT2D eigenvalue weighted by molar-refractivity contribution is -0.123. The number of carbonyl (C=O) groups is 2. The van der Waals surface area contributed by atoms with E-state index < -0.39 is 0 Å². The zero-order valence-corrected chi connectivity index (χ0v) is 18.4. The molecule has 2 aromatic rings. The maximum absolute atomic E-state index is 12.7. The van der Waals surface area contributed by atoms with Crippen molar-refractivity contribution in [2.24, 2.45) is 0 Å². The molecule has 0 saturated carbocycles. The Morgan fingerprint density at radius 2 is 1.96 bits per heavy atom. The van der Waals surface area contributed by atoms with Gasteiger partial charge in [0, 0.05) is 13.6 Å². The van der Waals surface area contributed by atoms with E-state index in [1.54, 1.807) is 24.3 Å². The number of halogens is 2. The van der Waals surface area contributed by atoms with Crippen LogP contribution in [0.25, 0.3) is 6.08 Å². The van der Waals surface area contributed by atoms with Gasteiger partial charge in [-0.3, -0.25) is 14.5 Å². The summed E-state index contributed by atoms with van der Waals surface area (Å²) in [6.07, 6.45) is 1.62. The zero-order valence-electron chi connectivity index (χ0n) is 13.8. The molecule has 0 spiro atoms. The van der Waals surface area contributed by atoms with Gasteiger partial charge in [-0.25, -0.2) is 0 Å². The average molecular weight is 555 g/mol. The number of nitrogens with zero attached hydrogens (tertiary/aromatic N) is 2. The summed E-state index contributed by atoms with van der Waals surface area (Å²) in [7, 11) is 0. The number of hydrogen-bond acceptors (Lipinski definition) is 5. The Labute approximate surface area is 182 Å². The van der Waals surface area contributed by atoms with Gasteiger partial charge in [-0.05, 0) is 76.3 Å². The van der Waals surface area contributed by atoms with Crippen LogP contribution in [-0.2, 0) is 11.3 Å². The molecule has 1 fully saturated rings. The molecule has 8 heteroatoms. The van der Waals surface area contributed by atoms with Gasteiger partial charge in [0.2, 0.25) is 0 Å². The van der Waals surface area contributed by atoms with Gasteiger partial charge in [0.25, 0.3) is 11.1 Å². The molecule has 0 aromatic heterocycles. The minimum atomic E-state index is -0.338. The molecule has 2 aromatic carbocycles. The molecule has 1 aliphatic rings. The Morgan fingerprint density at radius 1 is 1.22 bits per heavy atom. The first-order chi connectivity index (χ1) is 13.0. The summed E-state index contributed by atoms with van der Waals surface area (Å²) in [6.45, 7) is 0.131. The molecule has 2 amide bonds. The topological polar surface area (TPSA) is 70.4 Å². The van der Waals surface area contributed by atoms with Crippen LogP contribution in [0.15, 0.2) is 51.8 Å². The molecule has 1 saturated heterocycles. The third kappa shape index (κ3) is 4.91. The molecule has 27 heavy (non-hydrogen) atoms. The zero-order chi connectivity index (χ0) is 19.4. The predicted molar refractivity (Wildman–Crippen MR) is 116 cm³/mol. The minimum Gasteiger partial charge on any atom is -0.478 e. The maximum atomic E-state index is 12.7. The van der Waals surface area contributed by atoms with Crippen LogP contribution in [0.4, 0.5) is 4.79 Å². The van der Waals surface area contributed by atoms with E-state index in [4.69, 9.17) is 10.00 Å². The van der Waals surface area contributed by atoms with Gasteiger partial charge in [-0.2, -0.15) is 5.26 Å². The highest BCUT2D eigenvalue weighted by Crippen LogP contribution is 2.35. The van der Waals surface area contributed by atoms with Crippen LogP contribution in [-0.4, -0.2) is 22.7 Å². The number of hydrogen-bond donors (Lipinski definition) is 0. The first-order valence-corrected chi connectivity index (χ1v) is 10.5. The molecule has 0 N–H and O–H groups in total. The van der Waals surface area contributed by atoms with Crippen molar-refractivity contribution in [2.75, 3.05) is 6.61 Å². The van der Waals surface area contributed by atoms with E-state index in [-0.39, 0.29) is 24.3 Å². The lowest BCUT2D eigenvalue weighted by Crippen LogP contribution is -2.27. The Hall–Kier alpha value is -1.83. The van der Waals surface area contributed by atoms with Crippen LogP contribution in [0.3, 0.4) is 0 Å². The summed E-state index contributed by atoms with van der Waals surface area (Å²) < 4.78 is 7.29. The van der Waals surface area contributed by atoms with Crippen molar-refractivity contribution in [1.82, 2.24) is 4.90 Å². The molecule has 3 rings (SSSR count). The number of nitriles is 1. The van der Waals surface area contributed by atoms with Crippen LogP contribution in [0.2, 0.25) is 0 Å². The Kier molecular flexibility index (Phi) is 6.57. The van der Waals surface area contributed by atoms with E-state index in [0.717, 1.165) is 25.4 Å². The minimum absolute atomic E-state index is 0.100. The van der Waals surface area contributed by atoms with E-state index in [9.17, 15) is 9.59 Å². The highest BCUT2D eigenvalue weighted by atomic mass is 127. The van der Waals surface area contributed by atoms with Crippen LogP contribution >= 0.6 is 50.3 Å². The standard InChI is InChI=1S/C19H12BrIN2O3S/c20-14-3-6-16(26-8-7-22)13(9-14)10-17-18(24)23(19(25)27-17)11-12-1-4-15(21)5-2-12/h1-6,9-10H,8,11H2/b17-10-. The number of thioether (sulfide) groups is 1. The number of amides is 2. The second-order valence-electron chi connectivity index (χ2n) is 5.52. The molecule has 0 unspecified atom stereocenters. The highest BCUT2D eigenvalue weighted by molar-refractivity contribution is 14.1. The highest BCUT2D eigenvalue weighted by Gasteiger charge is 2.35.